The third-order valence-corrected chi connectivity index (χ3v) is 8.65. The number of ether oxygens (including phenoxy) is 1. The maximum absolute atomic E-state index is 11.9. The fourth-order valence-corrected chi connectivity index (χ4v) is 6.58. The summed E-state index contributed by atoms with van der Waals surface area (Å²) >= 11 is 4.42. The summed E-state index contributed by atoms with van der Waals surface area (Å²) in [4.78, 5) is 5.94. The molecular weight excluding hydrogens is 485 g/mol. The molecule has 0 atom stereocenters. The zero-order chi connectivity index (χ0) is 22.3. The SMILES string of the molecule is COc1ccc(-n2c(Sc3nc4ccc(S(C)(=O)=O)cc4s3)nnc2-c2cccs2)cc1. The number of rotatable bonds is 6. The molecule has 3 heterocycles. The third kappa shape index (κ3) is 4.04. The lowest BCUT2D eigenvalue weighted by Crippen LogP contribution is -1.98. The molecule has 0 unspecified atom stereocenters. The highest BCUT2D eigenvalue weighted by Gasteiger charge is 2.19. The first-order valence-corrected chi connectivity index (χ1v) is 13.7. The van der Waals surface area contributed by atoms with Gasteiger partial charge in [-0.3, -0.25) is 4.57 Å². The van der Waals surface area contributed by atoms with Gasteiger partial charge in [0.05, 0.1) is 32.8 Å². The number of nitrogens with zero attached hydrogens (tertiary/aromatic N) is 4. The summed E-state index contributed by atoms with van der Waals surface area (Å²) in [7, 11) is -1.64. The van der Waals surface area contributed by atoms with Crippen molar-refractivity contribution >= 4 is 54.5 Å². The Kier molecular flexibility index (Phi) is 5.49. The van der Waals surface area contributed by atoms with Gasteiger partial charge in [0.2, 0.25) is 5.16 Å². The van der Waals surface area contributed by atoms with Crippen LogP contribution in [0.2, 0.25) is 0 Å². The largest absolute Gasteiger partial charge is 0.497 e. The molecule has 0 N–H and O–H groups in total. The molecule has 0 saturated heterocycles. The topological polar surface area (TPSA) is 87.0 Å². The Labute approximate surface area is 196 Å². The third-order valence-electron chi connectivity index (χ3n) is 4.65. The van der Waals surface area contributed by atoms with E-state index in [9.17, 15) is 8.42 Å². The Morgan fingerprint density at radius 1 is 1.06 bits per heavy atom. The van der Waals surface area contributed by atoms with Gasteiger partial charge in [0.1, 0.15) is 5.75 Å². The number of hydrogen-bond donors (Lipinski definition) is 0. The predicted octanol–water partition coefficient (Wildman–Crippen LogP) is 5.17. The second-order valence-electron chi connectivity index (χ2n) is 6.80. The van der Waals surface area contributed by atoms with Crippen LogP contribution < -0.4 is 4.74 Å². The first-order chi connectivity index (χ1) is 15.4. The van der Waals surface area contributed by atoms with Crippen LogP contribution in [-0.2, 0) is 9.84 Å². The van der Waals surface area contributed by atoms with Gasteiger partial charge in [-0.05, 0) is 65.7 Å². The molecule has 5 aromatic rings. The van der Waals surface area contributed by atoms with Crippen LogP contribution in [0.15, 0.2) is 74.4 Å². The van der Waals surface area contributed by atoms with Gasteiger partial charge in [-0.25, -0.2) is 13.4 Å². The molecule has 2 aromatic carbocycles. The van der Waals surface area contributed by atoms with E-state index in [4.69, 9.17) is 4.74 Å². The molecule has 0 aliphatic carbocycles. The molecule has 162 valence electrons. The summed E-state index contributed by atoms with van der Waals surface area (Å²) in [6, 6.07) is 16.7. The zero-order valence-corrected chi connectivity index (χ0v) is 20.2. The van der Waals surface area contributed by atoms with Crippen molar-refractivity contribution in [3.05, 3.63) is 60.0 Å². The lowest BCUT2D eigenvalue weighted by Gasteiger charge is -2.09. The van der Waals surface area contributed by atoms with Crippen molar-refractivity contribution in [2.45, 2.75) is 14.4 Å². The lowest BCUT2D eigenvalue weighted by molar-refractivity contribution is 0.414. The minimum absolute atomic E-state index is 0.284. The molecule has 11 heteroatoms. The molecule has 0 saturated carbocycles. The molecule has 7 nitrogen and oxygen atoms in total. The van der Waals surface area contributed by atoms with Crippen molar-refractivity contribution in [2.24, 2.45) is 0 Å². The van der Waals surface area contributed by atoms with Gasteiger partial charge in [0.15, 0.2) is 20.0 Å². The number of thiophene rings is 1. The highest BCUT2D eigenvalue weighted by molar-refractivity contribution is 8.01. The van der Waals surface area contributed by atoms with Crippen LogP contribution in [0.1, 0.15) is 0 Å². The smallest absolute Gasteiger partial charge is 0.203 e. The van der Waals surface area contributed by atoms with E-state index in [1.807, 2.05) is 46.3 Å². The van der Waals surface area contributed by atoms with Crippen molar-refractivity contribution in [2.75, 3.05) is 13.4 Å². The molecule has 3 aromatic heterocycles. The van der Waals surface area contributed by atoms with Crippen LogP contribution >= 0.6 is 34.4 Å². The molecule has 5 rings (SSSR count). The van der Waals surface area contributed by atoms with Gasteiger partial charge in [-0.1, -0.05) is 6.07 Å². The van der Waals surface area contributed by atoms with Crippen LogP contribution in [0.4, 0.5) is 0 Å². The van der Waals surface area contributed by atoms with E-state index in [1.165, 1.54) is 29.4 Å². The van der Waals surface area contributed by atoms with Gasteiger partial charge in [0, 0.05) is 6.26 Å². The first kappa shape index (κ1) is 21.1. The molecule has 0 fully saturated rings. The minimum Gasteiger partial charge on any atom is -0.497 e. The van der Waals surface area contributed by atoms with E-state index < -0.39 is 9.84 Å². The molecule has 0 bridgehead atoms. The van der Waals surface area contributed by atoms with Gasteiger partial charge >= 0.3 is 0 Å². The first-order valence-electron chi connectivity index (χ1n) is 9.34. The molecule has 0 spiro atoms. The van der Waals surface area contributed by atoms with Crippen LogP contribution in [0.25, 0.3) is 26.6 Å². The average molecular weight is 501 g/mol. The summed E-state index contributed by atoms with van der Waals surface area (Å²) in [5.41, 5.74) is 1.65. The van der Waals surface area contributed by atoms with E-state index in [1.54, 1.807) is 36.6 Å². The van der Waals surface area contributed by atoms with E-state index in [0.717, 1.165) is 36.7 Å². The number of sulfone groups is 1. The van der Waals surface area contributed by atoms with Gasteiger partial charge in [0.25, 0.3) is 0 Å². The van der Waals surface area contributed by atoms with Crippen LogP contribution in [0.3, 0.4) is 0 Å². The highest BCUT2D eigenvalue weighted by Crippen LogP contribution is 2.38. The Bertz CT molecular complexity index is 1500. The molecule has 32 heavy (non-hydrogen) atoms. The maximum Gasteiger partial charge on any atom is 0.203 e. The molecule has 0 aliphatic heterocycles. The molecule has 0 amide bonds. The van der Waals surface area contributed by atoms with Crippen molar-refractivity contribution in [1.82, 2.24) is 19.7 Å². The minimum atomic E-state index is -3.28. The van der Waals surface area contributed by atoms with Gasteiger partial charge in [-0.15, -0.1) is 32.9 Å². The van der Waals surface area contributed by atoms with Crippen LogP contribution in [0, 0.1) is 0 Å². The number of thiazole rings is 1. The summed E-state index contributed by atoms with van der Waals surface area (Å²) in [6.07, 6.45) is 1.20. The summed E-state index contributed by atoms with van der Waals surface area (Å²) in [6.45, 7) is 0. The van der Waals surface area contributed by atoms with E-state index >= 15 is 0 Å². The van der Waals surface area contributed by atoms with Gasteiger partial charge in [-0.2, -0.15) is 0 Å². The maximum atomic E-state index is 11.9. The normalized spacial score (nSPS) is 11.8. The lowest BCUT2D eigenvalue weighted by atomic mass is 10.3. The van der Waals surface area contributed by atoms with Crippen LogP contribution in [-0.4, -0.2) is 41.5 Å². The Morgan fingerprint density at radius 2 is 1.88 bits per heavy atom. The Hall–Kier alpha value is -2.73. The van der Waals surface area contributed by atoms with Crippen molar-refractivity contribution in [1.29, 1.82) is 0 Å². The molecule has 0 radical (unpaired) electrons. The highest BCUT2D eigenvalue weighted by atomic mass is 32.2. The second kappa shape index (κ2) is 8.32. The number of aromatic nitrogens is 4. The van der Waals surface area contributed by atoms with E-state index in [-0.39, 0.29) is 4.90 Å². The fourth-order valence-electron chi connectivity index (χ4n) is 3.10. The average Bonchev–Trinajstić information content (AvgIpc) is 3.52. The monoisotopic (exact) mass is 500 g/mol. The number of hydrogen-bond acceptors (Lipinski definition) is 9. The Morgan fingerprint density at radius 3 is 2.56 bits per heavy atom. The standard InChI is InChI=1S/C21H16N4O3S4/c1-28-14-7-5-13(6-8-14)25-19(17-4-3-11-29-17)23-24-20(25)31-21-22-16-10-9-15(32(2,26)27)12-18(16)30-21/h3-12H,1-2H3. The number of benzene rings is 2. The van der Waals surface area contributed by atoms with E-state index in [2.05, 4.69) is 15.2 Å². The van der Waals surface area contributed by atoms with Crippen molar-refractivity contribution < 1.29 is 13.2 Å². The number of fused-ring (bicyclic) bond motifs is 1. The Balaban J connectivity index is 1.57. The summed E-state index contributed by atoms with van der Waals surface area (Å²) in [5, 5.41) is 11.5. The van der Waals surface area contributed by atoms with Gasteiger partial charge < -0.3 is 4.74 Å². The number of methoxy groups -OCH3 is 1. The second-order valence-corrected chi connectivity index (χ2v) is 12.0. The van der Waals surface area contributed by atoms with Crippen molar-refractivity contribution in [3.63, 3.8) is 0 Å². The quantitative estimate of drug-likeness (QED) is 0.318. The molecular formula is C21H16N4O3S4. The molecule has 0 aliphatic rings. The summed E-state index contributed by atoms with van der Waals surface area (Å²) in [5.74, 6) is 1.51. The predicted molar refractivity (Wildman–Crippen MR) is 128 cm³/mol. The fraction of sp³-hybridized carbons (Fsp3) is 0.0952. The zero-order valence-electron chi connectivity index (χ0n) is 16.9. The van der Waals surface area contributed by atoms with Crippen molar-refractivity contribution in [3.8, 4) is 22.1 Å². The van der Waals surface area contributed by atoms with E-state index in [0.29, 0.717) is 5.16 Å². The van der Waals surface area contributed by atoms with Crippen LogP contribution in [0.5, 0.6) is 5.75 Å². The summed E-state index contributed by atoms with van der Waals surface area (Å²) < 4.78 is 32.6.